The molecule has 1 nitrogen and oxygen atoms in total. The monoisotopic (exact) mass is 322 g/mol. The molecule has 14 heavy (non-hydrogen) atoms. The van der Waals surface area contributed by atoms with Crippen molar-refractivity contribution in [1.82, 2.24) is 0 Å². The second-order valence-electron chi connectivity index (χ2n) is 2.85. The van der Waals surface area contributed by atoms with Crippen molar-refractivity contribution in [2.75, 3.05) is 18.1 Å². The molecule has 1 aromatic rings. The van der Waals surface area contributed by atoms with Crippen molar-refractivity contribution in [3.05, 3.63) is 27.8 Å². The summed E-state index contributed by atoms with van der Waals surface area (Å²) in [6.07, 6.45) is 1.13. The Morgan fingerprint density at radius 1 is 1.29 bits per heavy atom. The molecule has 0 amide bonds. The highest BCUT2D eigenvalue weighted by Crippen LogP contribution is 2.13. The molecule has 0 atom stereocenters. The van der Waals surface area contributed by atoms with Crippen LogP contribution in [0, 0.1) is 3.57 Å². The van der Waals surface area contributed by atoms with Crippen LogP contribution < -0.4 is 4.74 Å². The fourth-order valence-corrected chi connectivity index (χ4v) is 2.00. The maximum atomic E-state index is 5.59. The number of rotatable bonds is 6. The van der Waals surface area contributed by atoms with Crippen LogP contribution in [0.25, 0.3) is 0 Å². The van der Waals surface area contributed by atoms with Gasteiger partial charge in [-0.25, -0.2) is 0 Å². The van der Waals surface area contributed by atoms with Crippen molar-refractivity contribution in [2.45, 2.75) is 13.3 Å². The minimum atomic E-state index is 0.827. The number of hydrogen-bond donors (Lipinski definition) is 0. The Hall–Kier alpha value is 0.1000. The zero-order chi connectivity index (χ0) is 10.2. The van der Waals surface area contributed by atoms with Crippen LogP contribution in [0.4, 0.5) is 0 Å². The van der Waals surface area contributed by atoms with Crippen molar-refractivity contribution in [3.8, 4) is 5.75 Å². The number of ether oxygens (including phenoxy) is 1. The highest BCUT2D eigenvalue weighted by atomic mass is 127. The van der Waals surface area contributed by atoms with Gasteiger partial charge < -0.3 is 4.74 Å². The predicted molar refractivity (Wildman–Crippen MR) is 72.3 cm³/mol. The predicted octanol–water partition coefficient (Wildman–Crippen LogP) is 3.81. The molecule has 0 aromatic heterocycles. The van der Waals surface area contributed by atoms with E-state index in [0.29, 0.717) is 0 Å². The van der Waals surface area contributed by atoms with Crippen LogP contribution in [0.3, 0.4) is 0 Å². The summed E-state index contributed by atoms with van der Waals surface area (Å²) >= 11 is 4.26. The van der Waals surface area contributed by atoms with E-state index in [4.69, 9.17) is 4.74 Å². The molecule has 0 aliphatic heterocycles. The zero-order valence-corrected chi connectivity index (χ0v) is 11.3. The van der Waals surface area contributed by atoms with Gasteiger partial charge in [0.15, 0.2) is 0 Å². The van der Waals surface area contributed by atoms with E-state index in [9.17, 15) is 0 Å². The lowest BCUT2D eigenvalue weighted by molar-refractivity contribution is 0.318. The van der Waals surface area contributed by atoms with Gasteiger partial charge in [0.2, 0.25) is 0 Å². The third-order valence-electron chi connectivity index (χ3n) is 1.72. The molecule has 3 heteroatoms. The van der Waals surface area contributed by atoms with Crippen LogP contribution in [0.15, 0.2) is 24.3 Å². The minimum Gasteiger partial charge on any atom is -0.494 e. The van der Waals surface area contributed by atoms with E-state index in [1.807, 2.05) is 23.9 Å². The first-order chi connectivity index (χ1) is 6.83. The highest BCUT2D eigenvalue weighted by Gasteiger charge is 1.93. The lowest BCUT2D eigenvalue weighted by Crippen LogP contribution is -1.98. The second kappa shape index (κ2) is 7.40. The Morgan fingerprint density at radius 2 is 2.00 bits per heavy atom. The maximum absolute atomic E-state index is 5.59. The Bertz CT molecular complexity index is 248. The van der Waals surface area contributed by atoms with Crippen LogP contribution >= 0.6 is 34.4 Å². The van der Waals surface area contributed by atoms with Gasteiger partial charge in [-0.05, 0) is 64.8 Å². The van der Waals surface area contributed by atoms with Crippen LogP contribution in [0.1, 0.15) is 13.3 Å². The zero-order valence-electron chi connectivity index (χ0n) is 8.33. The molecule has 0 fully saturated rings. The molecule has 0 N–H and O–H groups in total. The fourth-order valence-electron chi connectivity index (χ4n) is 1.03. The SMILES string of the molecule is CCSCCCOc1ccc(I)cc1. The summed E-state index contributed by atoms with van der Waals surface area (Å²) < 4.78 is 6.84. The first kappa shape index (κ1) is 12.2. The largest absolute Gasteiger partial charge is 0.494 e. The van der Waals surface area contributed by atoms with E-state index in [-0.39, 0.29) is 0 Å². The Kier molecular flexibility index (Phi) is 6.43. The number of thioether (sulfide) groups is 1. The topological polar surface area (TPSA) is 9.23 Å². The molecule has 0 bridgehead atoms. The van der Waals surface area contributed by atoms with Gasteiger partial charge in [-0.15, -0.1) is 0 Å². The van der Waals surface area contributed by atoms with E-state index in [1.54, 1.807) is 0 Å². The number of halogens is 1. The third kappa shape index (κ3) is 5.10. The van der Waals surface area contributed by atoms with Gasteiger partial charge >= 0.3 is 0 Å². The summed E-state index contributed by atoms with van der Waals surface area (Å²) in [5, 5.41) is 0. The molecule has 0 aliphatic carbocycles. The van der Waals surface area contributed by atoms with Gasteiger partial charge in [0.25, 0.3) is 0 Å². The molecule has 0 unspecified atom stereocenters. The Balaban J connectivity index is 2.15. The van der Waals surface area contributed by atoms with Crippen molar-refractivity contribution in [1.29, 1.82) is 0 Å². The van der Waals surface area contributed by atoms with Crippen LogP contribution in [-0.2, 0) is 0 Å². The van der Waals surface area contributed by atoms with Gasteiger partial charge in [0.05, 0.1) is 6.61 Å². The summed E-state index contributed by atoms with van der Waals surface area (Å²) in [6.45, 7) is 3.01. The summed E-state index contributed by atoms with van der Waals surface area (Å²) in [4.78, 5) is 0. The summed E-state index contributed by atoms with van der Waals surface area (Å²) in [6, 6.07) is 8.18. The lowest BCUT2D eigenvalue weighted by atomic mass is 10.3. The first-order valence-electron chi connectivity index (χ1n) is 4.79. The molecule has 1 rings (SSSR count). The molecule has 0 spiro atoms. The van der Waals surface area contributed by atoms with E-state index < -0.39 is 0 Å². The summed E-state index contributed by atoms with van der Waals surface area (Å²) in [7, 11) is 0. The van der Waals surface area contributed by atoms with Gasteiger partial charge in [0, 0.05) is 3.57 Å². The van der Waals surface area contributed by atoms with Crippen molar-refractivity contribution in [2.24, 2.45) is 0 Å². The quantitative estimate of drug-likeness (QED) is 0.582. The van der Waals surface area contributed by atoms with E-state index in [0.717, 1.165) is 18.8 Å². The molecular weight excluding hydrogens is 307 g/mol. The van der Waals surface area contributed by atoms with Crippen molar-refractivity contribution >= 4 is 34.4 Å². The standard InChI is InChI=1S/C11H15IOS/c1-2-14-9-3-8-13-11-6-4-10(12)5-7-11/h4-7H,2-3,8-9H2,1H3. The summed E-state index contributed by atoms with van der Waals surface area (Å²) in [5.41, 5.74) is 0. The molecule has 0 radical (unpaired) electrons. The average molecular weight is 322 g/mol. The first-order valence-corrected chi connectivity index (χ1v) is 7.02. The second-order valence-corrected chi connectivity index (χ2v) is 5.49. The molecule has 1 aromatic carbocycles. The fraction of sp³-hybridized carbons (Fsp3) is 0.455. The summed E-state index contributed by atoms with van der Waals surface area (Å²) in [5.74, 6) is 3.37. The Morgan fingerprint density at radius 3 is 2.64 bits per heavy atom. The van der Waals surface area contributed by atoms with Crippen LogP contribution in [0.2, 0.25) is 0 Å². The Labute approximate surface area is 104 Å². The van der Waals surface area contributed by atoms with E-state index in [2.05, 4.69) is 41.6 Å². The van der Waals surface area contributed by atoms with Gasteiger partial charge in [-0.3, -0.25) is 0 Å². The maximum Gasteiger partial charge on any atom is 0.119 e. The van der Waals surface area contributed by atoms with E-state index in [1.165, 1.54) is 15.1 Å². The molecule has 0 saturated heterocycles. The number of hydrogen-bond acceptors (Lipinski definition) is 2. The van der Waals surface area contributed by atoms with Crippen LogP contribution in [-0.4, -0.2) is 18.1 Å². The molecular formula is C11H15IOS. The highest BCUT2D eigenvalue weighted by molar-refractivity contribution is 14.1. The van der Waals surface area contributed by atoms with Crippen LogP contribution in [0.5, 0.6) is 5.75 Å². The molecule has 0 aliphatic rings. The van der Waals surface area contributed by atoms with Crippen molar-refractivity contribution < 1.29 is 4.74 Å². The van der Waals surface area contributed by atoms with Gasteiger partial charge in [-0.1, -0.05) is 6.92 Å². The average Bonchev–Trinajstić information content (AvgIpc) is 2.21. The molecule has 0 saturated carbocycles. The normalized spacial score (nSPS) is 10.1. The molecule has 0 heterocycles. The number of benzene rings is 1. The van der Waals surface area contributed by atoms with Gasteiger partial charge in [-0.2, -0.15) is 11.8 Å². The lowest BCUT2D eigenvalue weighted by Gasteiger charge is -2.05. The third-order valence-corrected chi connectivity index (χ3v) is 3.42. The molecule has 78 valence electrons. The van der Waals surface area contributed by atoms with E-state index >= 15 is 0 Å². The van der Waals surface area contributed by atoms with Gasteiger partial charge in [0.1, 0.15) is 5.75 Å². The smallest absolute Gasteiger partial charge is 0.119 e. The van der Waals surface area contributed by atoms with Crippen molar-refractivity contribution in [3.63, 3.8) is 0 Å². The minimum absolute atomic E-state index is 0.827.